The Morgan fingerprint density at radius 1 is 0.370 bits per heavy atom. The monoisotopic (exact) mass is 1410 g/mol. The highest BCUT2D eigenvalue weighted by atomic mass is 16.7. The minimum absolute atomic E-state index is 0.0198. The number of hydrogen-bond donors (Lipinski definition) is 6. The third-order valence-electron chi connectivity index (χ3n) is 20.6. The van der Waals surface area contributed by atoms with Gasteiger partial charge < -0.3 is 45.1 Å². The second-order valence-corrected chi connectivity index (χ2v) is 30.2. The molecule has 0 radical (unpaired) electrons. The second-order valence-electron chi connectivity index (χ2n) is 30.2. The molecule has 6 N–H and O–H groups in total. The lowest BCUT2D eigenvalue weighted by Crippen LogP contribution is -2.60. The number of nitrogens with one attached hydrogen (secondary N) is 1. The molecule has 0 saturated carbocycles. The fourth-order valence-corrected chi connectivity index (χ4v) is 13.8. The first-order valence-corrected chi connectivity index (χ1v) is 43.6. The predicted octanol–water partition coefficient (Wildman–Crippen LogP) is 24.4. The van der Waals surface area contributed by atoms with Crippen molar-refractivity contribution in [2.45, 2.75) is 474 Å². The summed E-state index contributed by atoms with van der Waals surface area (Å²) < 4.78 is 16.8. The van der Waals surface area contributed by atoms with Crippen LogP contribution in [0.2, 0.25) is 0 Å². The van der Waals surface area contributed by atoms with Crippen molar-refractivity contribution in [3.8, 4) is 0 Å². The molecule has 11 heteroatoms. The summed E-state index contributed by atoms with van der Waals surface area (Å²) in [5.41, 5.74) is 0. The van der Waals surface area contributed by atoms with E-state index in [4.69, 9.17) is 14.2 Å². The van der Waals surface area contributed by atoms with Crippen LogP contribution in [-0.4, -0.2) is 100 Å². The molecule has 0 bridgehead atoms. The van der Waals surface area contributed by atoms with E-state index in [1.165, 1.54) is 334 Å². The lowest BCUT2D eigenvalue weighted by molar-refractivity contribution is -0.302. The lowest BCUT2D eigenvalue weighted by atomic mass is 9.99. The van der Waals surface area contributed by atoms with Crippen molar-refractivity contribution in [3.63, 3.8) is 0 Å². The maximum atomic E-state index is 13.1. The number of ether oxygens (including phenoxy) is 3. The van der Waals surface area contributed by atoms with E-state index >= 15 is 0 Å². The summed E-state index contributed by atoms with van der Waals surface area (Å²) in [6, 6.07) is -0.834. The first kappa shape index (κ1) is 95.4. The number of rotatable bonds is 78. The number of amides is 1. The number of unbranched alkanes of at least 4 members (excludes halogenated alkanes) is 56. The molecule has 1 saturated heterocycles. The standard InChI is InChI=1S/C89H165NO10/c1-3-5-7-9-11-13-15-17-19-20-42-46-49-53-57-61-65-69-73-77-85(94)98-78-74-70-66-62-58-54-50-47-44-41-39-37-35-33-31-29-27-25-23-21-22-24-26-28-30-32-34-36-38-40-43-45-48-52-56-60-64-68-72-76-84(93)90-81(80-99-89-88(97)87(96)86(95)83(79-91)100-89)82(92)75-71-67-63-59-55-51-18-16-14-12-10-8-6-4-2/h14,16,21-22,25,27,55,59,71,75,81-83,86-89,91-92,95-97H,3-13,15,17-20,23-24,26,28-54,56-58,60-70,72-74,76-80H2,1-2H3,(H,90,93)/b16-14+,22-21-,27-25-,59-55+,75-71+. The van der Waals surface area contributed by atoms with Gasteiger partial charge in [-0.2, -0.15) is 0 Å². The van der Waals surface area contributed by atoms with Gasteiger partial charge in [0.15, 0.2) is 6.29 Å². The fourth-order valence-electron chi connectivity index (χ4n) is 13.8. The summed E-state index contributed by atoms with van der Waals surface area (Å²) in [5, 5.41) is 54.6. The summed E-state index contributed by atoms with van der Waals surface area (Å²) in [7, 11) is 0. The molecule has 11 nitrogen and oxygen atoms in total. The highest BCUT2D eigenvalue weighted by molar-refractivity contribution is 5.76. The van der Waals surface area contributed by atoms with Crippen molar-refractivity contribution >= 4 is 11.9 Å². The maximum absolute atomic E-state index is 13.1. The van der Waals surface area contributed by atoms with E-state index in [1.807, 2.05) is 6.08 Å². The van der Waals surface area contributed by atoms with E-state index in [0.717, 1.165) is 70.6 Å². The first-order valence-electron chi connectivity index (χ1n) is 43.6. The number of hydrogen-bond acceptors (Lipinski definition) is 10. The van der Waals surface area contributed by atoms with Crippen LogP contribution in [0.3, 0.4) is 0 Å². The van der Waals surface area contributed by atoms with Crippen molar-refractivity contribution in [2.24, 2.45) is 0 Å². The highest BCUT2D eigenvalue weighted by Crippen LogP contribution is 2.24. The SMILES string of the molecule is CCCCCC/C=C/CC/C=C/CC/C=C/C(O)C(COC1OC(CO)C(O)C(O)C1O)NC(=O)CCCCCCCCCCCCCCCCCCC/C=C\C/C=C\CCCCCCCCCCCCCCCCCOC(=O)CCCCCCCCCCCCCCCCCCCCC. The van der Waals surface area contributed by atoms with Gasteiger partial charge in [-0.3, -0.25) is 9.59 Å². The summed E-state index contributed by atoms with van der Waals surface area (Å²) in [5.74, 6) is -0.172. The molecule has 1 amide bonds. The third kappa shape index (κ3) is 64.9. The van der Waals surface area contributed by atoms with E-state index in [1.54, 1.807) is 6.08 Å². The molecule has 1 aliphatic heterocycles. The van der Waals surface area contributed by atoms with Gasteiger partial charge in [-0.25, -0.2) is 0 Å². The van der Waals surface area contributed by atoms with Crippen molar-refractivity contribution in [1.29, 1.82) is 0 Å². The minimum Gasteiger partial charge on any atom is -0.466 e. The van der Waals surface area contributed by atoms with Gasteiger partial charge >= 0.3 is 5.97 Å². The van der Waals surface area contributed by atoms with E-state index < -0.39 is 49.5 Å². The second kappa shape index (κ2) is 77.5. The van der Waals surface area contributed by atoms with Crippen molar-refractivity contribution in [3.05, 3.63) is 60.8 Å². The summed E-state index contributed by atoms with van der Waals surface area (Å²) in [6.07, 6.45) is 95.7. The van der Waals surface area contributed by atoms with Crippen molar-refractivity contribution in [1.82, 2.24) is 5.32 Å². The van der Waals surface area contributed by atoms with Crippen LogP contribution in [0.25, 0.3) is 0 Å². The van der Waals surface area contributed by atoms with Gasteiger partial charge in [-0.1, -0.05) is 389 Å². The van der Waals surface area contributed by atoms with Crippen molar-refractivity contribution in [2.75, 3.05) is 19.8 Å². The molecule has 0 aromatic rings. The molecular weight excluding hydrogens is 1240 g/mol. The van der Waals surface area contributed by atoms with Gasteiger partial charge in [0.2, 0.25) is 5.91 Å². The first-order chi connectivity index (χ1) is 49.2. The molecule has 1 heterocycles. The molecule has 1 rings (SSSR count). The molecular formula is C89H165NO10. The van der Waals surface area contributed by atoms with Crippen LogP contribution >= 0.6 is 0 Å². The van der Waals surface area contributed by atoms with Crippen molar-refractivity contribution < 1.29 is 49.3 Å². The molecule has 100 heavy (non-hydrogen) atoms. The molecule has 0 aromatic heterocycles. The van der Waals surface area contributed by atoms with Crippen LogP contribution in [-0.2, 0) is 23.8 Å². The Balaban J connectivity index is 1.89. The Labute approximate surface area is 618 Å². The fraction of sp³-hybridized carbons (Fsp3) is 0.865. The average Bonchev–Trinajstić information content (AvgIpc) is 0.822. The van der Waals surface area contributed by atoms with Gasteiger partial charge in [0.05, 0.1) is 32.0 Å². The highest BCUT2D eigenvalue weighted by Gasteiger charge is 2.44. The Kier molecular flexibility index (Phi) is 73.9. The zero-order valence-electron chi connectivity index (χ0n) is 65.7. The zero-order valence-corrected chi connectivity index (χ0v) is 65.7. The summed E-state index contributed by atoms with van der Waals surface area (Å²) >= 11 is 0. The summed E-state index contributed by atoms with van der Waals surface area (Å²) in [4.78, 5) is 25.2. The third-order valence-corrected chi connectivity index (χ3v) is 20.6. The van der Waals surface area contributed by atoms with Crippen LogP contribution in [0.5, 0.6) is 0 Å². The lowest BCUT2D eigenvalue weighted by Gasteiger charge is -2.40. The smallest absolute Gasteiger partial charge is 0.305 e. The Hall–Kier alpha value is -2.64. The summed E-state index contributed by atoms with van der Waals surface area (Å²) in [6.45, 7) is 4.36. The quantitative estimate of drug-likeness (QED) is 0.0195. The van der Waals surface area contributed by atoms with E-state index in [0.29, 0.717) is 19.4 Å². The topological polar surface area (TPSA) is 175 Å². The molecule has 586 valence electrons. The number of carbonyl (C=O) groups is 2. The van der Waals surface area contributed by atoms with Gasteiger partial charge in [0, 0.05) is 12.8 Å². The van der Waals surface area contributed by atoms with Gasteiger partial charge in [0.25, 0.3) is 0 Å². The number of aliphatic hydroxyl groups is 5. The average molecular weight is 1410 g/mol. The molecule has 1 aliphatic rings. The Bertz CT molecular complexity index is 1850. The van der Waals surface area contributed by atoms with E-state index in [9.17, 15) is 35.1 Å². The van der Waals surface area contributed by atoms with Crippen LogP contribution in [0, 0.1) is 0 Å². The van der Waals surface area contributed by atoms with Crippen LogP contribution in [0.15, 0.2) is 60.8 Å². The number of aliphatic hydroxyl groups excluding tert-OH is 5. The zero-order chi connectivity index (χ0) is 72.2. The maximum Gasteiger partial charge on any atom is 0.305 e. The number of allylic oxidation sites excluding steroid dienone is 9. The van der Waals surface area contributed by atoms with E-state index in [2.05, 4.69) is 67.8 Å². The molecule has 0 aromatic carbocycles. The largest absolute Gasteiger partial charge is 0.466 e. The van der Waals surface area contributed by atoms with Gasteiger partial charge in [-0.15, -0.1) is 0 Å². The predicted molar refractivity (Wildman–Crippen MR) is 426 cm³/mol. The molecule has 0 aliphatic carbocycles. The molecule has 7 unspecified atom stereocenters. The van der Waals surface area contributed by atoms with Crippen LogP contribution < -0.4 is 5.32 Å². The van der Waals surface area contributed by atoms with E-state index in [-0.39, 0.29) is 18.5 Å². The molecule has 0 spiro atoms. The van der Waals surface area contributed by atoms with Gasteiger partial charge in [-0.05, 0) is 89.9 Å². The molecule has 1 fully saturated rings. The molecule has 7 atom stereocenters. The normalized spacial score (nSPS) is 17.4. The number of esters is 1. The Morgan fingerprint density at radius 2 is 0.680 bits per heavy atom. The number of carbonyl (C=O) groups excluding carboxylic acids is 2. The van der Waals surface area contributed by atoms with Crippen LogP contribution in [0.1, 0.15) is 431 Å². The van der Waals surface area contributed by atoms with Gasteiger partial charge in [0.1, 0.15) is 24.4 Å². The van der Waals surface area contributed by atoms with Crippen LogP contribution in [0.4, 0.5) is 0 Å². The minimum atomic E-state index is -1.58. The Morgan fingerprint density at radius 3 is 1.06 bits per heavy atom.